The number of rotatable bonds is 6. The second kappa shape index (κ2) is 6.85. The lowest BCUT2D eigenvalue weighted by Gasteiger charge is -2.11. The molecule has 0 aliphatic rings. The van der Waals surface area contributed by atoms with Gasteiger partial charge in [-0.3, -0.25) is 0 Å². The lowest BCUT2D eigenvalue weighted by molar-refractivity contribution is 0.284. The van der Waals surface area contributed by atoms with E-state index >= 15 is 0 Å². The van der Waals surface area contributed by atoms with Crippen molar-refractivity contribution in [1.29, 1.82) is 0 Å². The van der Waals surface area contributed by atoms with Gasteiger partial charge in [-0.05, 0) is 46.5 Å². The first-order chi connectivity index (χ1) is 9.58. The van der Waals surface area contributed by atoms with Gasteiger partial charge in [-0.15, -0.1) is 0 Å². The van der Waals surface area contributed by atoms with E-state index in [1.807, 2.05) is 18.2 Å². The second-order valence-corrected chi connectivity index (χ2v) is 5.51. The first-order valence-corrected chi connectivity index (χ1v) is 7.33. The molecule has 2 rings (SSSR count). The lowest BCUT2D eigenvalue weighted by atomic mass is 10.0. The quantitative estimate of drug-likeness (QED) is 0.875. The van der Waals surface area contributed by atoms with Crippen molar-refractivity contribution in [3.63, 3.8) is 0 Å². The number of aromatic nitrogens is 2. The summed E-state index contributed by atoms with van der Waals surface area (Å²) in [5.74, 6) is 1.82. The number of halogens is 1. The van der Waals surface area contributed by atoms with E-state index in [9.17, 15) is 0 Å². The Kier molecular flexibility index (Phi) is 5.14. The minimum Gasteiger partial charge on any atom is -0.484 e. The van der Waals surface area contributed by atoms with Gasteiger partial charge in [0.25, 0.3) is 0 Å². The molecule has 0 bridgehead atoms. The Morgan fingerprint density at radius 3 is 2.85 bits per heavy atom. The highest BCUT2D eigenvalue weighted by Crippen LogP contribution is 2.27. The molecule has 1 unspecified atom stereocenters. The molecular formula is C14H18BrN3O2. The van der Waals surface area contributed by atoms with Crippen LogP contribution in [0.25, 0.3) is 0 Å². The van der Waals surface area contributed by atoms with Crippen LogP contribution in [0.4, 0.5) is 0 Å². The van der Waals surface area contributed by atoms with Crippen LogP contribution < -0.4 is 10.5 Å². The third-order valence-electron chi connectivity index (χ3n) is 2.94. The lowest BCUT2D eigenvalue weighted by Crippen LogP contribution is -2.21. The normalized spacial score (nSPS) is 12.4. The number of aryl methyl sites for hydroxylation is 1. The van der Waals surface area contributed by atoms with Gasteiger partial charge < -0.3 is 15.0 Å². The number of hydrogen-bond acceptors (Lipinski definition) is 5. The van der Waals surface area contributed by atoms with E-state index in [1.54, 1.807) is 6.92 Å². The SMILES string of the molecule is CCC(N)Cc1ccc(OCc2noc(C)n2)c(Br)c1. The van der Waals surface area contributed by atoms with Crippen LogP contribution in [-0.4, -0.2) is 16.2 Å². The van der Waals surface area contributed by atoms with Crippen molar-refractivity contribution in [3.8, 4) is 5.75 Å². The summed E-state index contributed by atoms with van der Waals surface area (Å²) in [6.07, 6.45) is 1.83. The third kappa shape index (κ3) is 4.05. The molecule has 0 aliphatic heterocycles. The minimum absolute atomic E-state index is 0.191. The topological polar surface area (TPSA) is 74.2 Å². The zero-order valence-electron chi connectivity index (χ0n) is 11.6. The second-order valence-electron chi connectivity index (χ2n) is 4.66. The molecule has 0 fully saturated rings. The van der Waals surface area contributed by atoms with Crippen molar-refractivity contribution in [2.24, 2.45) is 5.73 Å². The number of hydrogen-bond donors (Lipinski definition) is 1. The summed E-state index contributed by atoms with van der Waals surface area (Å²) in [6, 6.07) is 6.17. The van der Waals surface area contributed by atoms with Gasteiger partial charge in [-0.2, -0.15) is 4.98 Å². The molecule has 0 radical (unpaired) electrons. The van der Waals surface area contributed by atoms with E-state index in [1.165, 1.54) is 5.56 Å². The predicted molar refractivity (Wildman–Crippen MR) is 79.5 cm³/mol. The van der Waals surface area contributed by atoms with Gasteiger partial charge in [0.2, 0.25) is 11.7 Å². The zero-order chi connectivity index (χ0) is 14.5. The summed E-state index contributed by atoms with van der Waals surface area (Å²) in [7, 11) is 0. The Labute approximate surface area is 126 Å². The molecule has 5 nitrogen and oxygen atoms in total. The van der Waals surface area contributed by atoms with Gasteiger partial charge in [0, 0.05) is 13.0 Å². The number of ether oxygens (including phenoxy) is 1. The Bertz CT molecular complexity index is 571. The average molecular weight is 340 g/mol. The van der Waals surface area contributed by atoms with E-state index in [2.05, 4.69) is 33.0 Å². The highest BCUT2D eigenvalue weighted by molar-refractivity contribution is 9.10. The van der Waals surface area contributed by atoms with Crippen molar-refractivity contribution in [3.05, 3.63) is 40.0 Å². The summed E-state index contributed by atoms with van der Waals surface area (Å²) < 4.78 is 11.5. The highest BCUT2D eigenvalue weighted by Gasteiger charge is 2.08. The molecule has 0 amide bonds. The molecule has 20 heavy (non-hydrogen) atoms. The van der Waals surface area contributed by atoms with Crippen LogP contribution in [0.2, 0.25) is 0 Å². The predicted octanol–water partition coefficient (Wildman–Crippen LogP) is 3.00. The van der Waals surface area contributed by atoms with Crippen molar-refractivity contribution < 1.29 is 9.26 Å². The van der Waals surface area contributed by atoms with Crippen LogP contribution in [0.1, 0.15) is 30.6 Å². The number of nitrogens with zero attached hydrogens (tertiary/aromatic N) is 2. The van der Waals surface area contributed by atoms with Gasteiger partial charge in [0.1, 0.15) is 5.75 Å². The molecule has 0 aliphatic carbocycles. The summed E-state index contributed by atoms with van der Waals surface area (Å²) in [6.45, 7) is 4.12. The van der Waals surface area contributed by atoms with Gasteiger partial charge in [-0.25, -0.2) is 0 Å². The van der Waals surface area contributed by atoms with Crippen LogP contribution in [0.3, 0.4) is 0 Å². The molecule has 1 heterocycles. The van der Waals surface area contributed by atoms with Crippen molar-refractivity contribution in [2.45, 2.75) is 39.3 Å². The van der Waals surface area contributed by atoms with E-state index < -0.39 is 0 Å². The first-order valence-electron chi connectivity index (χ1n) is 6.54. The van der Waals surface area contributed by atoms with Crippen LogP contribution >= 0.6 is 15.9 Å². The summed E-state index contributed by atoms with van der Waals surface area (Å²) >= 11 is 3.51. The summed E-state index contributed by atoms with van der Waals surface area (Å²) in [5.41, 5.74) is 7.15. The van der Waals surface area contributed by atoms with Crippen LogP contribution in [-0.2, 0) is 13.0 Å². The van der Waals surface area contributed by atoms with E-state index in [0.717, 1.165) is 23.1 Å². The molecule has 0 saturated heterocycles. The Morgan fingerprint density at radius 2 is 2.25 bits per heavy atom. The van der Waals surface area contributed by atoms with Crippen molar-refractivity contribution in [2.75, 3.05) is 0 Å². The fourth-order valence-electron chi connectivity index (χ4n) is 1.78. The molecule has 1 atom stereocenters. The monoisotopic (exact) mass is 339 g/mol. The molecule has 1 aromatic carbocycles. The van der Waals surface area contributed by atoms with Gasteiger partial charge >= 0.3 is 0 Å². The molecule has 1 aromatic heterocycles. The number of nitrogens with two attached hydrogens (primary N) is 1. The van der Waals surface area contributed by atoms with Crippen LogP contribution in [0.15, 0.2) is 27.2 Å². The van der Waals surface area contributed by atoms with E-state index in [-0.39, 0.29) is 12.6 Å². The summed E-state index contributed by atoms with van der Waals surface area (Å²) in [5, 5.41) is 3.79. The first kappa shape index (κ1) is 15.0. The maximum absolute atomic E-state index is 5.96. The molecular weight excluding hydrogens is 322 g/mol. The smallest absolute Gasteiger partial charge is 0.223 e. The largest absolute Gasteiger partial charge is 0.484 e. The van der Waals surface area contributed by atoms with Crippen molar-refractivity contribution >= 4 is 15.9 Å². The van der Waals surface area contributed by atoms with Crippen LogP contribution in [0.5, 0.6) is 5.75 Å². The van der Waals surface area contributed by atoms with Crippen LogP contribution in [0, 0.1) is 6.92 Å². The Balaban J connectivity index is 1.98. The third-order valence-corrected chi connectivity index (χ3v) is 3.56. The average Bonchev–Trinajstić information content (AvgIpc) is 2.83. The van der Waals surface area contributed by atoms with Gasteiger partial charge in [0.15, 0.2) is 6.61 Å². The highest BCUT2D eigenvalue weighted by atomic mass is 79.9. The fraction of sp³-hybridized carbons (Fsp3) is 0.429. The van der Waals surface area contributed by atoms with Gasteiger partial charge in [0.05, 0.1) is 4.47 Å². The molecule has 2 N–H and O–H groups in total. The fourth-order valence-corrected chi connectivity index (χ4v) is 2.32. The molecule has 0 spiro atoms. The molecule has 2 aromatic rings. The number of benzene rings is 1. The van der Waals surface area contributed by atoms with E-state index in [0.29, 0.717) is 11.7 Å². The maximum atomic E-state index is 5.96. The maximum Gasteiger partial charge on any atom is 0.223 e. The zero-order valence-corrected chi connectivity index (χ0v) is 13.2. The Hall–Kier alpha value is -1.40. The summed E-state index contributed by atoms with van der Waals surface area (Å²) in [4.78, 5) is 4.09. The molecule has 0 saturated carbocycles. The molecule has 108 valence electrons. The Morgan fingerprint density at radius 1 is 1.45 bits per heavy atom. The van der Waals surface area contributed by atoms with Gasteiger partial charge in [-0.1, -0.05) is 18.1 Å². The van der Waals surface area contributed by atoms with E-state index in [4.69, 9.17) is 15.0 Å². The molecule has 6 heteroatoms. The minimum atomic E-state index is 0.191. The van der Waals surface area contributed by atoms with Crippen molar-refractivity contribution in [1.82, 2.24) is 10.1 Å². The standard InChI is InChI=1S/C14H18BrN3O2/c1-3-11(16)6-10-4-5-13(12(15)7-10)19-8-14-17-9(2)20-18-14/h4-5,7,11H,3,6,8,16H2,1-2H3.